The predicted molar refractivity (Wildman–Crippen MR) is 105 cm³/mol. The molecular weight excluding hydrogens is 397 g/mol. The number of carbonyl (C=O) groups is 2. The minimum absolute atomic E-state index is 0.0742. The Balaban J connectivity index is 1.66. The van der Waals surface area contributed by atoms with Crippen LogP contribution in [0, 0.1) is 5.82 Å². The van der Waals surface area contributed by atoms with Gasteiger partial charge in [-0.05, 0) is 54.6 Å². The number of ketones is 1. The fourth-order valence-corrected chi connectivity index (χ4v) is 3.53. The van der Waals surface area contributed by atoms with Gasteiger partial charge in [0, 0.05) is 11.3 Å². The van der Waals surface area contributed by atoms with Crippen molar-refractivity contribution in [1.82, 2.24) is 0 Å². The number of ether oxygens (including phenoxy) is 1. The van der Waals surface area contributed by atoms with E-state index in [1.54, 1.807) is 18.2 Å². The number of hydrogen-bond acceptors (Lipinski definition) is 5. The number of benzene rings is 3. The van der Waals surface area contributed by atoms with Crippen LogP contribution < -0.4 is 4.72 Å². The minimum Gasteiger partial charge on any atom is -0.454 e. The Morgan fingerprint density at radius 1 is 0.862 bits per heavy atom. The zero-order valence-electron chi connectivity index (χ0n) is 15.0. The lowest BCUT2D eigenvalue weighted by Gasteiger charge is -2.09. The van der Waals surface area contributed by atoms with Crippen LogP contribution in [0.2, 0.25) is 0 Å². The van der Waals surface area contributed by atoms with E-state index in [2.05, 4.69) is 4.72 Å². The summed E-state index contributed by atoms with van der Waals surface area (Å²) in [5.41, 5.74) is 0.460. The van der Waals surface area contributed by atoms with Gasteiger partial charge >= 0.3 is 5.97 Å². The Labute approximate surface area is 167 Å². The van der Waals surface area contributed by atoms with Gasteiger partial charge in [-0.25, -0.2) is 17.6 Å². The molecule has 29 heavy (non-hydrogen) atoms. The van der Waals surface area contributed by atoms with E-state index in [1.165, 1.54) is 48.5 Å². The topological polar surface area (TPSA) is 89.5 Å². The number of hydrogen-bond donors (Lipinski definition) is 1. The van der Waals surface area contributed by atoms with Crippen molar-refractivity contribution in [2.45, 2.75) is 4.90 Å². The standard InChI is InChI=1S/C21H16FNO5S/c22-17-11-9-15(10-12-17)20(24)14-28-21(25)16-5-4-6-18(13-16)23-29(26,27)19-7-2-1-3-8-19/h1-13,23H,14H2. The van der Waals surface area contributed by atoms with Gasteiger partial charge in [0.05, 0.1) is 10.5 Å². The lowest BCUT2D eigenvalue weighted by Crippen LogP contribution is -2.15. The van der Waals surface area contributed by atoms with Gasteiger partial charge in [-0.3, -0.25) is 9.52 Å². The molecule has 0 aromatic heterocycles. The largest absolute Gasteiger partial charge is 0.454 e. The predicted octanol–water partition coefficient (Wildman–Crippen LogP) is 3.67. The van der Waals surface area contributed by atoms with Crippen molar-refractivity contribution in [3.05, 3.63) is 95.8 Å². The van der Waals surface area contributed by atoms with E-state index >= 15 is 0 Å². The van der Waals surface area contributed by atoms with E-state index in [4.69, 9.17) is 4.74 Å². The van der Waals surface area contributed by atoms with Crippen LogP contribution in [-0.4, -0.2) is 26.8 Å². The summed E-state index contributed by atoms with van der Waals surface area (Å²) in [6.45, 7) is -0.523. The highest BCUT2D eigenvalue weighted by molar-refractivity contribution is 7.92. The maximum absolute atomic E-state index is 12.9. The number of nitrogens with one attached hydrogen (secondary N) is 1. The van der Waals surface area contributed by atoms with Crippen molar-refractivity contribution in [2.75, 3.05) is 11.3 Å². The molecule has 0 bridgehead atoms. The van der Waals surface area contributed by atoms with Crippen LogP contribution in [0.4, 0.5) is 10.1 Å². The smallest absolute Gasteiger partial charge is 0.338 e. The van der Waals surface area contributed by atoms with E-state index in [0.29, 0.717) is 0 Å². The Morgan fingerprint density at radius 3 is 2.24 bits per heavy atom. The van der Waals surface area contributed by atoms with Crippen molar-refractivity contribution in [1.29, 1.82) is 0 Å². The summed E-state index contributed by atoms with van der Waals surface area (Å²) in [6, 6.07) is 18.4. The van der Waals surface area contributed by atoms with E-state index in [0.717, 1.165) is 12.1 Å². The molecular formula is C21H16FNO5S. The number of anilines is 1. The zero-order chi connectivity index (χ0) is 20.9. The summed E-state index contributed by atoms with van der Waals surface area (Å²) in [4.78, 5) is 24.3. The first-order chi connectivity index (χ1) is 13.8. The van der Waals surface area contributed by atoms with Gasteiger partial charge in [0.15, 0.2) is 12.4 Å². The average Bonchev–Trinajstić information content (AvgIpc) is 2.73. The number of sulfonamides is 1. The second-order valence-electron chi connectivity index (χ2n) is 6.01. The first-order valence-corrected chi connectivity index (χ1v) is 9.97. The van der Waals surface area contributed by atoms with Crippen LogP contribution in [0.5, 0.6) is 0 Å². The lowest BCUT2D eigenvalue weighted by atomic mass is 10.1. The molecule has 0 amide bonds. The monoisotopic (exact) mass is 413 g/mol. The summed E-state index contributed by atoms with van der Waals surface area (Å²) in [5, 5.41) is 0. The van der Waals surface area contributed by atoms with Crippen LogP contribution in [-0.2, 0) is 14.8 Å². The average molecular weight is 413 g/mol. The van der Waals surface area contributed by atoms with Crippen molar-refractivity contribution in [2.24, 2.45) is 0 Å². The maximum atomic E-state index is 12.9. The molecule has 6 nitrogen and oxygen atoms in total. The molecule has 0 aliphatic carbocycles. The van der Waals surface area contributed by atoms with Crippen molar-refractivity contribution in [3.8, 4) is 0 Å². The molecule has 0 unspecified atom stereocenters. The number of rotatable bonds is 7. The Bertz CT molecular complexity index is 1130. The quantitative estimate of drug-likeness (QED) is 0.472. The molecule has 0 atom stereocenters. The molecule has 0 aliphatic rings. The molecule has 1 N–H and O–H groups in total. The van der Waals surface area contributed by atoms with Gasteiger partial charge in [0.2, 0.25) is 0 Å². The minimum atomic E-state index is -3.81. The molecule has 0 spiro atoms. The Kier molecular flexibility index (Phi) is 6.04. The van der Waals surface area contributed by atoms with Crippen molar-refractivity contribution in [3.63, 3.8) is 0 Å². The fourth-order valence-electron chi connectivity index (χ4n) is 2.46. The summed E-state index contributed by atoms with van der Waals surface area (Å²) >= 11 is 0. The first-order valence-electron chi connectivity index (χ1n) is 8.49. The van der Waals surface area contributed by atoms with Crippen LogP contribution >= 0.6 is 0 Å². The highest BCUT2D eigenvalue weighted by Gasteiger charge is 2.16. The highest BCUT2D eigenvalue weighted by Crippen LogP contribution is 2.17. The molecule has 3 aromatic carbocycles. The molecule has 3 rings (SSSR count). The molecule has 0 saturated heterocycles. The number of Topliss-reactive ketones (excluding diaryl/α,β-unsaturated/α-hetero) is 1. The third-order valence-electron chi connectivity index (χ3n) is 3.90. The van der Waals surface area contributed by atoms with E-state index < -0.39 is 34.2 Å². The van der Waals surface area contributed by atoms with Crippen LogP contribution in [0.1, 0.15) is 20.7 Å². The van der Waals surface area contributed by atoms with E-state index in [1.807, 2.05) is 0 Å². The normalized spacial score (nSPS) is 10.9. The van der Waals surface area contributed by atoms with Crippen molar-refractivity contribution < 1.29 is 27.1 Å². The maximum Gasteiger partial charge on any atom is 0.338 e. The molecule has 148 valence electrons. The van der Waals surface area contributed by atoms with Crippen molar-refractivity contribution >= 4 is 27.5 Å². The van der Waals surface area contributed by atoms with Gasteiger partial charge < -0.3 is 4.74 Å². The number of halogens is 1. The van der Waals surface area contributed by atoms with Gasteiger partial charge in [-0.1, -0.05) is 24.3 Å². The molecule has 3 aromatic rings. The molecule has 0 saturated carbocycles. The summed E-state index contributed by atoms with van der Waals surface area (Å²) < 4.78 is 45.0. The second kappa shape index (κ2) is 8.66. The van der Waals surface area contributed by atoms with Gasteiger partial charge in [0.25, 0.3) is 10.0 Å². The third-order valence-corrected chi connectivity index (χ3v) is 5.30. The summed E-state index contributed by atoms with van der Waals surface area (Å²) in [6.07, 6.45) is 0. The highest BCUT2D eigenvalue weighted by atomic mass is 32.2. The summed E-state index contributed by atoms with van der Waals surface area (Å²) in [5.74, 6) is -1.76. The molecule has 0 aliphatic heterocycles. The Hall–Kier alpha value is -3.52. The molecule has 0 radical (unpaired) electrons. The van der Waals surface area contributed by atoms with Crippen LogP contribution in [0.15, 0.2) is 83.8 Å². The SMILES string of the molecule is O=C(COC(=O)c1cccc(NS(=O)(=O)c2ccccc2)c1)c1ccc(F)cc1. The van der Waals surface area contributed by atoms with Gasteiger partial charge in [0.1, 0.15) is 5.82 Å². The van der Waals surface area contributed by atoms with Gasteiger partial charge in [-0.2, -0.15) is 0 Å². The van der Waals surface area contributed by atoms with Gasteiger partial charge in [-0.15, -0.1) is 0 Å². The number of carbonyl (C=O) groups excluding carboxylic acids is 2. The van der Waals surface area contributed by atoms with E-state index in [9.17, 15) is 22.4 Å². The number of esters is 1. The fraction of sp³-hybridized carbons (Fsp3) is 0.0476. The first kappa shape index (κ1) is 20.2. The van der Waals surface area contributed by atoms with E-state index in [-0.39, 0.29) is 21.7 Å². The summed E-state index contributed by atoms with van der Waals surface area (Å²) in [7, 11) is -3.81. The molecule has 0 heterocycles. The molecule has 8 heteroatoms. The third kappa shape index (κ3) is 5.26. The second-order valence-corrected chi connectivity index (χ2v) is 7.69. The zero-order valence-corrected chi connectivity index (χ0v) is 15.9. The molecule has 0 fully saturated rings. The van der Waals surface area contributed by atoms with Crippen LogP contribution in [0.3, 0.4) is 0 Å². The lowest BCUT2D eigenvalue weighted by molar-refractivity contribution is 0.0475. The van der Waals surface area contributed by atoms with Crippen LogP contribution in [0.25, 0.3) is 0 Å². The Morgan fingerprint density at radius 2 is 1.55 bits per heavy atom.